The standard InChI is InChI=1S/C14H22N4O4/c1-2-17(8-9-19)13-12(18(20)21)14(16-10-15-13)22-11-6-4-3-5-7-11/h10-11,19H,2-9H2,1H3. The second-order valence-electron chi connectivity index (χ2n) is 5.29. The maximum absolute atomic E-state index is 11.5. The predicted octanol–water partition coefficient (Wildman–Crippen LogP) is 1.91. The Labute approximate surface area is 129 Å². The molecule has 1 aromatic heterocycles. The van der Waals surface area contributed by atoms with Crippen LogP contribution in [0.4, 0.5) is 11.5 Å². The van der Waals surface area contributed by atoms with E-state index in [4.69, 9.17) is 9.84 Å². The number of hydrogen-bond acceptors (Lipinski definition) is 7. The van der Waals surface area contributed by atoms with Crippen molar-refractivity contribution in [3.8, 4) is 5.88 Å². The lowest BCUT2D eigenvalue weighted by Gasteiger charge is -2.24. The summed E-state index contributed by atoms with van der Waals surface area (Å²) in [6.07, 6.45) is 6.36. The molecule has 22 heavy (non-hydrogen) atoms. The second-order valence-corrected chi connectivity index (χ2v) is 5.29. The molecule has 0 bridgehead atoms. The second kappa shape index (κ2) is 7.88. The molecule has 8 heteroatoms. The molecule has 0 amide bonds. The molecule has 0 aromatic carbocycles. The van der Waals surface area contributed by atoms with Gasteiger partial charge in [0, 0.05) is 13.1 Å². The van der Waals surface area contributed by atoms with Gasteiger partial charge in [0.1, 0.15) is 12.4 Å². The average Bonchev–Trinajstić information content (AvgIpc) is 2.53. The summed E-state index contributed by atoms with van der Waals surface area (Å²) in [4.78, 5) is 20.6. The van der Waals surface area contributed by atoms with Crippen molar-refractivity contribution in [2.75, 3.05) is 24.6 Å². The summed E-state index contributed by atoms with van der Waals surface area (Å²) in [5.41, 5.74) is -0.219. The minimum Gasteiger partial charge on any atom is -0.469 e. The van der Waals surface area contributed by atoms with Gasteiger partial charge in [-0.2, -0.15) is 4.98 Å². The van der Waals surface area contributed by atoms with Gasteiger partial charge < -0.3 is 14.7 Å². The van der Waals surface area contributed by atoms with Gasteiger partial charge in [-0.15, -0.1) is 0 Å². The van der Waals surface area contributed by atoms with Crippen LogP contribution < -0.4 is 9.64 Å². The number of ether oxygens (including phenoxy) is 1. The summed E-state index contributed by atoms with van der Waals surface area (Å²) in [6.45, 7) is 2.52. The minimum absolute atomic E-state index is 0.0249. The van der Waals surface area contributed by atoms with Gasteiger partial charge in [0.15, 0.2) is 0 Å². The highest BCUT2D eigenvalue weighted by atomic mass is 16.6. The Morgan fingerprint density at radius 2 is 2.14 bits per heavy atom. The Kier molecular flexibility index (Phi) is 5.88. The van der Waals surface area contributed by atoms with Crippen LogP contribution in [0.3, 0.4) is 0 Å². The molecule has 0 radical (unpaired) electrons. The lowest BCUT2D eigenvalue weighted by molar-refractivity contribution is -0.385. The van der Waals surface area contributed by atoms with Gasteiger partial charge in [-0.25, -0.2) is 4.98 Å². The van der Waals surface area contributed by atoms with Crippen molar-refractivity contribution in [3.05, 3.63) is 16.4 Å². The number of likely N-dealkylation sites (N-methyl/N-ethyl adjacent to an activating group) is 1. The maximum atomic E-state index is 11.5. The van der Waals surface area contributed by atoms with Gasteiger partial charge in [-0.05, 0) is 32.6 Å². The molecule has 1 heterocycles. The first-order chi connectivity index (χ1) is 10.7. The zero-order chi connectivity index (χ0) is 15.9. The molecule has 1 aromatic rings. The number of hydrogen-bond donors (Lipinski definition) is 1. The SMILES string of the molecule is CCN(CCO)c1ncnc(OC2CCCCC2)c1[N+](=O)[O-]. The van der Waals surface area contributed by atoms with Crippen molar-refractivity contribution >= 4 is 11.5 Å². The maximum Gasteiger partial charge on any atom is 0.372 e. The molecule has 1 saturated carbocycles. The third kappa shape index (κ3) is 3.82. The van der Waals surface area contributed by atoms with Crippen molar-refractivity contribution in [1.82, 2.24) is 9.97 Å². The van der Waals surface area contributed by atoms with Crippen LogP contribution in [0.1, 0.15) is 39.0 Å². The molecule has 2 rings (SSSR count). The Morgan fingerprint density at radius 1 is 1.41 bits per heavy atom. The molecule has 122 valence electrons. The zero-order valence-electron chi connectivity index (χ0n) is 12.8. The molecule has 0 aliphatic heterocycles. The van der Waals surface area contributed by atoms with Crippen LogP contribution in [0, 0.1) is 10.1 Å². The van der Waals surface area contributed by atoms with Gasteiger partial charge in [-0.1, -0.05) is 6.42 Å². The summed E-state index contributed by atoms with van der Waals surface area (Å²) in [5, 5.41) is 20.6. The van der Waals surface area contributed by atoms with Crippen LogP contribution in [0.5, 0.6) is 5.88 Å². The molecule has 8 nitrogen and oxygen atoms in total. The van der Waals surface area contributed by atoms with Gasteiger partial charge in [-0.3, -0.25) is 10.1 Å². The lowest BCUT2D eigenvalue weighted by atomic mass is 9.98. The third-order valence-electron chi connectivity index (χ3n) is 3.83. The summed E-state index contributed by atoms with van der Waals surface area (Å²) >= 11 is 0. The number of nitro groups is 1. The predicted molar refractivity (Wildman–Crippen MR) is 81.2 cm³/mol. The molecular weight excluding hydrogens is 288 g/mol. The van der Waals surface area contributed by atoms with Crippen LogP contribution >= 0.6 is 0 Å². The van der Waals surface area contributed by atoms with Gasteiger partial charge in [0.2, 0.25) is 5.82 Å². The summed E-state index contributed by atoms with van der Waals surface area (Å²) < 4.78 is 5.78. The Balaban J connectivity index is 2.30. The first-order valence-electron chi connectivity index (χ1n) is 7.69. The molecule has 0 atom stereocenters. The lowest BCUT2D eigenvalue weighted by Crippen LogP contribution is -2.28. The molecule has 1 fully saturated rings. The molecule has 1 aliphatic rings. The molecule has 0 saturated heterocycles. The normalized spacial score (nSPS) is 15.5. The number of nitrogens with zero attached hydrogens (tertiary/aromatic N) is 4. The first kappa shape index (κ1) is 16.4. The third-order valence-corrected chi connectivity index (χ3v) is 3.83. The van der Waals surface area contributed by atoms with Gasteiger partial charge in [0.25, 0.3) is 5.88 Å². The summed E-state index contributed by atoms with van der Waals surface area (Å²) in [6, 6.07) is 0. The van der Waals surface area contributed by atoms with E-state index in [0.717, 1.165) is 25.7 Å². The van der Waals surface area contributed by atoms with Crippen LogP contribution in [0.25, 0.3) is 0 Å². The highest BCUT2D eigenvalue weighted by Gasteiger charge is 2.29. The van der Waals surface area contributed by atoms with Crippen molar-refractivity contribution in [2.24, 2.45) is 0 Å². The van der Waals surface area contributed by atoms with Crippen molar-refractivity contribution in [1.29, 1.82) is 0 Å². The van der Waals surface area contributed by atoms with E-state index in [-0.39, 0.29) is 36.6 Å². The topological polar surface area (TPSA) is 102 Å². The van der Waals surface area contributed by atoms with Crippen LogP contribution in [-0.2, 0) is 0 Å². The van der Waals surface area contributed by atoms with E-state index >= 15 is 0 Å². The van der Waals surface area contributed by atoms with Crippen LogP contribution in [-0.4, -0.2) is 45.8 Å². The van der Waals surface area contributed by atoms with Gasteiger partial charge in [0.05, 0.1) is 11.5 Å². The number of aromatic nitrogens is 2. The van der Waals surface area contributed by atoms with E-state index in [1.54, 1.807) is 4.90 Å². The molecule has 1 N–H and O–H groups in total. The highest BCUT2D eigenvalue weighted by Crippen LogP contribution is 2.35. The Bertz CT molecular complexity index is 506. The van der Waals surface area contributed by atoms with Crippen molar-refractivity contribution in [2.45, 2.75) is 45.1 Å². The van der Waals surface area contributed by atoms with Crippen LogP contribution in [0.15, 0.2) is 6.33 Å². The Hall–Kier alpha value is -1.96. The molecular formula is C14H22N4O4. The monoisotopic (exact) mass is 310 g/mol. The zero-order valence-corrected chi connectivity index (χ0v) is 12.8. The van der Waals surface area contributed by atoms with E-state index in [0.29, 0.717) is 6.54 Å². The fourth-order valence-corrected chi connectivity index (χ4v) is 2.71. The van der Waals surface area contributed by atoms with E-state index < -0.39 is 4.92 Å². The molecule has 0 spiro atoms. The number of rotatable bonds is 7. The van der Waals surface area contributed by atoms with E-state index in [9.17, 15) is 10.1 Å². The smallest absolute Gasteiger partial charge is 0.372 e. The largest absolute Gasteiger partial charge is 0.469 e. The van der Waals surface area contributed by atoms with Gasteiger partial charge >= 0.3 is 5.69 Å². The summed E-state index contributed by atoms with van der Waals surface area (Å²) in [7, 11) is 0. The van der Waals surface area contributed by atoms with Crippen molar-refractivity contribution < 1.29 is 14.8 Å². The van der Waals surface area contributed by atoms with Crippen molar-refractivity contribution in [3.63, 3.8) is 0 Å². The number of aliphatic hydroxyl groups excluding tert-OH is 1. The fourth-order valence-electron chi connectivity index (χ4n) is 2.71. The number of anilines is 1. The van der Waals surface area contributed by atoms with Crippen LogP contribution in [0.2, 0.25) is 0 Å². The first-order valence-corrected chi connectivity index (χ1v) is 7.69. The molecule has 1 aliphatic carbocycles. The summed E-state index contributed by atoms with van der Waals surface area (Å²) in [5.74, 6) is 0.223. The minimum atomic E-state index is -0.506. The fraction of sp³-hybridized carbons (Fsp3) is 0.714. The average molecular weight is 310 g/mol. The molecule has 0 unspecified atom stereocenters. The highest BCUT2D eigenvalue weighted by molar-refractivity contribution is 5.62. The quantitative estimate of drug-likeness (QED) is 0.606. The van der Waals surface area contributed by atoms with E-state index in [1.807, 2.05) is 6.92 Å². The van der Waals surface area contributed by atoms with E-state index in [1.165, 1.54) is 12.7 Å². The number of aliphatic hydroxyl groups is 1. The Morgan fingerprint density at radius 3 is 2.73 bits per heavy atom. The van der Waals surface area contributed by atoms with E-state index in [2.05, 4.69) is 9.97 Å².